The highest BCUT2D eigenvalue weighted by Crippen LogP contribution is 2.26. The maximum Gasteiger partial charge on any atom is 0.271 e. The number of imidazole rings is 1. The van der Waals surface area contributed by atoms with Gasteiger partial charge in [0.25, 0.3) is 5.91 Å². The van der Waals surface area contributed by atoms with Crippen molar-refractivity contribution in [3.63, 3.8) is 0 Å². The number of rotatable bonds is 1. The van der Waals surface area contributed by atoms with E-state index in [1.807, 2.05) is 0 Å². The van der Waals surface area contributed by atoms with E-state index in [1.165, 1.54) is 6.33 Å². The van der Waals surface area contributed by atoms with Gasteiger partial charge in [0.05, 0.1) is 0 Å². The fraction of sp³-hybridized carbons (Fsp3) is 0.385. The predicted octanol–water partition coefficient (Wildman–Crippen LogP) is 1.18. The largest absolute Gasteiger partial charge is 0.350 e. The summed E-state index contributed by atoms with van der Waals surface area (Å²) in [6.45, 7) is 4.89. The van der Waals surface area contributed by atoms with Crippen molar-refractivity contribution in [1.82, 2.24) is 25.3 Å². The van der Waals surface area contributed by atoms with Crippen molar-refractivity contribution in [3.05, 3.63) is 30.0 Å². The highest BCUT2D eigenvalue weighted by Gasteiger charge is 2.30. The Morgan fingerprint density at radius 3 is 2.95 bits per heavy atom. The molecule has 0 unspecified atom stereocenters. The Morgan fingerprint density at radius 2 is 2.21 bits per heavy atom. The lowest BCUT2D eigenvalue weighted by Crippen LogP contribution is -2.32. The minimum Gasteiger partial charge on any atom is -0.350 e. The Kier molecular flexibility index (Phi) is 2.58. The SMILES string of the molecule is CC1(C)CNC(=O)c2nc(-c3ccncn3)[nH]c2C1. The molecule has 0 saturated carbocycles. The second kappa shape index (κ2) is 4.15. The molecule has 0 aliphatic carbocycles. The van der Waals surface area contributed by atoms with Gasteiger partial charge >= 0.3 is 0 Å². The van der Waals surface area contributed by atoms with E-state index >= 15 is 0 Å². The average molecular weight is 257 g/mol. The molecule has 3 rings (SSSR count). The van der Waals surface area contributed by atoms with Crippen LogP contribution < -0.4 is 5.32 Å². The predicted molar refractivity (Wildman–Crippen MR) is 69.4 cm³/mol. The topological polar surface area (TPSA) is 83.6 Å². The third-order valence-corrected chi connectivity index (χ3v) is 3.20. The van der Waals surface area contributed by atoms with Crippen LogP contribution in [0.15, 0.2) is 18.6 Å². The number of nitrogens with one attached hydrogen (secondary N) is 2. The van der Waals surface area contributed by atoms with Crippen molar-refractivity contribution in [2.45, 2.75) is 20.3 Å². The minimum atomic E-state index is -0.128. The zero-order valence-electron chi connectivity index (χ0n) is 10.9. The normalized spacial score (nSPS) is 17.5. The zero-order valence-corrected chi connectivity index (χ0v) is 10.9. The van der Waals surface area contributed by atoms with Crippen LogP contribution in [-0.2, 0) is 6.42 Å². The number of carbonyl (C=O) groups is 1. The van der Waals surface area contributed by atoms with Crippen LogP contribution in [0.25, 0.3) is 11.5 Å². The van der Waals surface area contributed by atoms with Crippen LogP contribution in [0.2, 0.25) is 0 Å². The number of hydrogen-bond acceptors (Lipinski definition) is 4. The number of H-pyrrole nitrogens is 1. The quantitative estimate of drug-likeness (QED) is 0.803. The maximum absolute atomic E-state index is 12.0. The van der Waals surface area contributed by atoms with E-state index in [2.05, 4.69) is 39.1 Å². The first kappa shape index (κ1) is 11.8. The van der Waals surface area contributed by atoms with Crippen LogP contribution in [0, 0.1) is 5.41 Å². The summed E-state index contributed by atoms with van der Waals surface area (Å²) < 4.78 is 0. The van der Waals surface area contributed by atoms with Crippen LogP contribution in [0.1, 0.15) is 30.0 Å². The van der Waals surface area contributed by atoms with Crippen molar-refractivity contribution < 1.29 is 4.79 Å². The minimum absolute atomic E-state index is 0.0103. The van der Waals surface area contributed by atoms with Crippen molar-refractivity contribution in [2.75, 3.05) is 6.54 Å². The molecule has 0 radical (unpaired) electrons. The lowest BCUT2D eigenvalue weighted by atomic mass is 9.88. The van der Waals surface area contributed by atoms with E-state index < -0.39 is 0 Å². The Bertz CT molecular complexity index is 617. The molecule has 0 saturated heterocycles. The Labute approximate surface area is 110 Å². The Morgan fingerprint density at radius 1 is 1.37 bits per heavy atom. The molecule has 6 nitrogen and oxygen atoms in total. The molecular weight excluding hydrogens is 242 g/mol. The summed E-state index contributed by atoms with van der Waals surface area (Å²) in [6, 6.07) is 1.77. The highest BCUT2D eigenvalue weighted by atomic mass is 16.1. The fourth-order valence-corrected chi connectivity index (χ4v) is 2.22. The van der Waals surface area contributed by atoms with Crippen LogP contribution in [0.3, 0.4) is 0 Å². The first-order valence-corrected chi connectivity index (χ1v) is 6.19. The summed E-state index contributed by atoms with van der Waals surface area (Å²) in [5, 5.41) is 2.90. The number of aromatic nitrogens is 4. The molecular formula is C13H15N5O. The van der Waals surface area contributed by atoms with Crippen molar-refractivity contribution in [1.29, 1.82) is 0 Å². The van der Waals surface area contributed by atoms with Gasteiger partial charge in [-0.25, -0.2) is 15.0 Å². The van der Waals surface area contributed by atoms with E-state index in [1.54, 1.807) is 12.3 Å². The average Bonchev–Trinajstić information content (AvgIpc) is 2.76. The van der Waals surface area contributed by atoms with E-state index in [0.29, 0.717) is 23.8 Å². The molecule has 0 spiro atoms. The van der Waals surface area contributed by atoms with Gasteiger partial charge in [-0.3, -0.25) is 4.79 Å². The standard InChI is InChI=1S/C13H15N5O/c1-13(2)5-9-10(12(19)15-6-13)18-11(17-9)8-3-4-14-7-16-8/h3-4,7H,5-6H2,1-2H3,(H,15,19)(H,17,18). The van der Waals surface area contributed by atoms with Crippen LogP contribution >= 0.6 is 0 Å². The number of aromatic amines is 1. The van der Waals surface area contributed by atoms with E-state index in [9.17, 15) is 4.79 Å². The van der Waals surface area contributed by atoms with Gasteiger partial charge in [-0.2, -0.15) is 0 Å². The molecule has 0 fully saturated rings. The molecule has 0 atom stereocenters. The monoisotopic (exact) mass is 257 g/mol. The lowest BCUT2D eigenvalue weighted by Gasteiger charge is -2.21. The number of nitrogens with zero attached hydrogens (tertiary/aromatic N) is 3. The molecule has 1 aliphatic heterocycles. The van der Waals surface area contributed by atoms with E-state index in [-0.39, 0.29) is 11.3 Å². The number of hydrogen-bond donors (Lipinski definition) is 2. The number of amides is 1. The fourth-order valence-electron chi connectivity index (χ4n) is 2.22. The van der Waals surface area contributed by atoms with Gasteiger partial charge in [0, 0.05) is 18.4 Å². The molecule has 6 heteroatoms. The molecule has 2 aromatic rings. The first-order chi connectivity index (χ1) is 9.05. The van der Waals surface area contributed by atoms with Gasteiger partial charge in [0.15, 0.2) is 5.82 Å². The maximum atomic E-state index is 12.0. The molecule has 2 N–H and O–H groups in total. The molecule has 19 heavy (non-hydrogen) atoms. The molecule has 1 aliphatic rings. The van der Waals surface area contributed by atoms with E-state index in [4.69, 9.17) is 0 Å². The number of fused-ring (bicyclic) bond motifs is 1. The molecule has 2 aromatic heterocycles. The van der Waals surface area contributed by atoms with Gasteiger partial charge in [-0.05, 0) is 17.9 Å². The second-order valence-corrected chi connectivity index (χ2v) is 5.53. The summed E-state index contributed by atoms with van der Waals surface area (Å²) in [4.78, 5) is 27.6. The van der Waals surface area contributed by atoms with Gasteiger partial charge in [-0.1, -0.05) is 13.8 Å². The third-order valence-electron chi connectivity index (χ3n) is 3.20. The van der Waals surface area contributed by atoms with E-state index in [0.717, 1.165) is 12.1 Å². The Balaban J connectivity index is 2.05. The molecule has 3 heterocycles. The molecule has 1 amide bonds. The smallest absolute Gasteiger partial charge is 0.271 e. The summed E-state index contributed by atoms with van der Waals surface area (Å²) in [5.41, 5.74) is 2.04. The summed E-state index contributed by atoms with van der Waals surface area (Å²) in [5.74, 6) is 0.484. The van der Waals surface area contributed by atoms with Crippen molar-refractivity contribution >= 4 is 5.91 Å². The third kappa shape index (κ3) is 2.21. The van der Waals surface area contributed by atoms with Crippen LogP contribution in [0.5, 0.6) is 0 Å². The summed E-state index contributed by atoms with van der Waals surface area (Å²) in [7, 11) is 0. The van der Waals surface area contributed by atoms with Crippen molar-refractivity contribution in [2.24, 2.45) is 5.41 Å². The first-order valence-electron chi connectivity index (χ1n) is 6.19. The second-order valence-electron chi connectivity index (χ2n) is 5.53. The van der Waals surface area contributed by atoms with Crippen LogP contribution in [-0.4, -0.2) is 32.4 Å². The lowest BCUT2D eigenvalue weighted by molar-refractivity contribution is 0.0940. The van der Waals surface area contributed by atoms with Gasteiger partial charge < -0.3 is 10.3 Å². The van der Waals surface area contributed by atoms with Gasteiger partial charge in [0.1, 0.15) is 17.7 Å². The highest BCUT2D eigenvalue weighted by molar-refractivity contribution is 5.94. The zero-order chi connectivity index (χ0) is 13.5. The molecule has 0 bridgehead atoms. The van der Waals surface area contributed by atoms with Crippen LogP contribution in [0.4, 0.5) is 0 Å². The van der Waals surface area contributed by atoms with Crippen molar-refractivity contribution in [3.8, 4) is 11.5 Å². The molecule has 98 valence electrons. The summed E-state index contributed by atoms with van der Waals surface area (Å²) >= 11 is 0. The summed E-state index contributed by atoms with van der Waals surface area (Å²) in [6.07, 6.45) is 3.90. The van der Waals surface area contributed by atoms with Gasteiger partial charge in [-0.15, -0.1) is 0 Å². The molecule has 0 aromatic carbocycles. The Hall–Kier alpha value is -2.24. The number of carbonyl (C=O) groups excluding carboxylic acids is 1. The van der Waals surface area contributed by atoms with Gasteiger partial charge in [0.2, 0.25) is 0 Å².